The zero-order valence-corrected chi connectivity index (χ0v) is 10.1. The van der Waals surface area contributed by atoms with Gasteiger partial charge in [-0.1, -0.05) is 25.9 Å². The third kappa shape index (κ3) is 2.29. The van der Waals surface area contributed by atoms with Crippen molar-refractivity contribution in [3.05, 3.63) is 29.7 Å². The minimum Gasteiger partial charge on any atom is -0.337 e. The average Bonchev–Trinajstić information content (AvgIpc) is 2.74. The first-order chi connectivity index (χ1) is 7.45. The molecule has 0 amide bonds. The molecule has 0 saturated carbocycles. The van der Waals surface area contributed by atoms with Crippen LogP contribution in [-0.2, 0) is 12.0 Å². The summed E-state index contributed by atoms with van der Waals surface area (Å²) in [5, 5.41) is 8.02. The molecule has 2 aromatic rings. The minimum atomic E-state index is 0.114. The number of aryl methyl sites for hydroxylation is 1. The van der Waals surface area contributed by atoms with Gasteiger partial charge in [0.15, 0.2) is 5.82 Å². The Morgan fingerprint density at radius 1 is 1.38 bits per heavy atom. The van der Waals surface area contributed by atoms with Crippen molar-refractivity contribution in [1.82, 2.24) is 19.9 Å². The van der Waals surface area contributed by atoms with E-state index in [-0.39, 0.29) is 5.41 Å². The van der Waals surface area contributed by atoms with E-state index in [0.717, 1.165) is 0 Å². The van der Waals surface area contributed by atoms with E-state index >= 15 is 0 Å². The highest BCUT2D eigenvalue weighted by atomic mass is 16.5. The summed E-state index contributed by atoms with van der Waals surface area (Å²) in [4.78, 5) is 4.14. The van der Waals surface area contributed by atoms with Crippen LogP contribution in [0.5, 0.6) is 0 Å². The van der Waals surface area contributed by atoms with E-state index in [2.05, 4.69) is 36.0 Å². The van der Waals surface area contributed by atoms with Crippen LogP contribution in [0.25, 0.3) is 0 Å². The smallest absolute Gasteiger partial charge is 0.248 e. The molecule has 5 nitrogen and oxygen atoms in total. The van der Waals surface area contributed by atoms with E-state index in [4.69, 9.17) is 4.52 Å². The van der Waals surface area contributed by atoms with Gasteiger partial charge in [0.2, 0.25) is 5.89 Å². The largest absolute Gasteiger partial charge is 0.337 e. The molecule has 0 N–H and O–H groups in total. The lowest BCUT2D eigenvalue weighted by Crippen LogP contribution is -2.09. The maximum absolute atomic E-state index is 5.04. The van der Waals surface area contributed by atoms with Crippen molar-refractivity contribution in [2.45, 2.75) is 39.7 Å². The molecule has 0 fully saturated rings. The van der Waals surface area contributed by atoms with Gasteiger partial charge in [-0.25, -0.2) is 0 Å². The van der Waals surface area contributed by atoms with Crippen molar-refractivity contribution >= 4 is 0 Å². The Bertz CT molecular complexity index is 478. The molecular weight excluding hydrogens is 204 g/mol. The van der Waals surface area contributed by atoms with Crippen molar-refractivity contribution < 1.29 is 4.52 Å². The second-order valence-corrected chi connectivity index (χ2v) is 4.91. The van der Waals surface area contributed by atoms with Crippen LogP contribution in [-0.4, -0.2) is 19.9 Å². The van der Waals surface area contributed by atoms with Crippen molar-refractivity contribution in [2.24, 2.45) is 0 Å². The third-order valence-corrected chi connectivity index (χ3v) is 2.37. The fraction of sp³-hybridized carbons (Fsp3) is 0.545. The number of rotatable bonds is 2. The molecular formula is C11H16N4O. The Labute approximate surface area is 94.5 Å². The fourth-order valence-corrected chi connectivity index (χ4v) is 1.38. The van der Waals surface area contributed by atoms with Crippen molar-refractivity contribution in [3.8, 4) is 0 Å². The number of aromatic nitrogens is 4. The predicted octanol–water partition coefficient (Wildman–Crippen LogP) is 1.92. The summed E-state index contributed by atoms with van der Waals surface area (Å²) < 4.78 is 6.85. The first-order valence-corrected chi connectivity index (χ1v) is 5.27. The van der Waals surface area contributed by atoms with Crippen LogP contribution in [0.3, 0.4) is 0 Å². The summed E-state index contributed by atoms with van der Waals surface area (Å²) in [7, 11) is 0. The van der Waals surface area contributed by atoms with Gasteiger partial charge in [0, 0.05) is 6.20 Å². The summed E-state index contributed by atoms with van der Waals surface area (Å²) in [6.07, 6.45) is 3.89. The van der Waals surface area contributed by atoms with E-state index in [1.807, 2.05) is 17.1 Å². The lowest BCUT2D eigenvalue weighted by atomic mass is 9.90. The van der Waals surface area contributed by atoms with Crippen LogP contribution in [0, 0.1) is 6.92 Å². The molecule has 0 unspecified atom stereocenters. The molecule has 2 aromatic heterocycles. The number of nitrogens with zero attached hydrogens (tertiary/aromatic N) is 4. The third-order valence-electron chi connectivity index (χ3n) is 2.37. The molecule has 0 saturated heterocycles. The van der Waals surface area contributed by atoms with Gasteiger partial charge in [-0.15, -0.1) is 0 Å². The van der Waals surface area contributed by atoms with Crippen LogP contribution >= 0.6 is 0 Å². The van der Waals surface area contributed by atoms with E-state index in [1.165, 1.54) is 5.56 Å². The second-order valence-electron chi connectivity index (χ2n) is 4.91. The molecule has 0 aliphatic heterocycles. The maximum atomic E-state index is 5.04. The maximum Gasteiger partial charge on any atom is 0.248 e. The molecule has 2 rings (SSSR count). The second kappa shape index (κ2) is 3.73. The van der Waals surface area contributed by atoms with E-state index < -0.39 is 0 Å². The van der Waals surface area contributed by atoms with Crippen LogP contribution < -0.4 is 0 Å². The molecule has 2 heterocycles. The zero-order valence-electron chi connectivity index (χ0n) is 10.1. The van der Waals surface area contributed by atoms with Crippen LogP contribution in [0.4, 0.5) is 0 Å². The summed E-state index contributed by atoms with van der Waals surface area (Å²) in [6.45, 7) is 8.80. The Hall–Kier alpha value is -1.65. The van der Waals surface area contributed by atoms with Gasteiger partial charge in [-0.3, -0.25) is 4.68 Å². The van der Waals surface area contributed by atoms with Crippen molar-refractivity contribution in [3.63, 3.8) is 0 Å². The molecule has 0 aliphatic rings. The first kappa shape index (κ1) is 10.9. The summed E-state index contributed by atoms with van der Waals surface area (Å²) in [5.74, 6) is 1.24. The molecule has 0 radical (unpaired) electrons. The highest BCUT2D eigenvalue weighted by molar-refractivity contribution is 5.15. The molecule has 5 heteroatoms. The van der Waals surface area contributed by atoms with E-state index in [1.54, 1.807) is 6.92 Å². The summed E-state index contributed by atoms with van der Waals surface area (Å²) in [6, 6.07) is 0. The van der Waals surface area contributed by atoms with E-state index in [0.29, 0.717) is 18.3 Å². The monoisotopic (exact) mass is 220 g/mol. The van der Waals surface area contributed by atoms with Gasteiger partial charge >= 0.3 is 0 Å². The number of hydrogen-bond acceptors (Lipinski definition) is 4. The van der Waals surface area contributed by atoms with Gasteiger partial charge in [0.1, 0.15) is 6.54 Å². The molecule has 16 heavy (non-hydrogen) atoms. The Morgan fingerprint density at radius 3 is 2.62 bits per heavy atom. The van der Waals surface area contributed by atoms with Gasteiger partial charge < -0.3 is 4.52 Å². The average molecular weight is 220 g/mol. The number of hydrogen-bond donors (Lipinski definition) is 0. The molecule has 0 aromatic carbocycles. The predicted molar refractivity (Wildman–Crippen MR) is 59.1 cm³/mol. The summed E-state index contributed by atoms with van der Waals surface area (Å²) in [5.41, 5.74) is 1.31. The summed E-state index contributed by atoms with van der Waals surface area (Å²) >= 11 is 0. The van der Waals surface area contributed by atoms with Crippen LogP contribution in [0.2, 0.25) is 0 Å². The van der Waals surface area contributed by atoms with Crippen molar-refractivity contribution in [2.75, 3.05) is 0 Å². The Morgan fingerprint density at radius 2 is 2.12 bits per heavy atom. The SMILES string of the molecule is Cc1noc(Cn2cc(C(C)(C)C)cn2)n1. The standard InChI is InChI=1S/C11H16N4O/c1-8-13-10(16-14-8)7-15-6-9(5-12-15)11(2,3)4/h5-6H,7H2,1-4H3. The van der Waals surface area contributed by atoms with Crippen LogP contribution in [0.15, 0.2) is 16.9 Å². The Kier molecular flexibility index (Phi) is 2.53. The molecule has 86 valence electrons. The molecule has 0 spiro atoms. The highest BCUT2D eigenvalue weighted by Gasteiger charge is 2.16. The highest BCUT2D eigenvalue weighted by Crippen LogP contribution is 2.21. The minimum absolute atomic E-state index is 0.114. The van der Waals surface area contributed by atoms with Crippen LogP contribution in [0.1, 0.15) is 38.0 Å². The normalized spacial score (nSPS) is 12.0. The van der Waals surface area contributed by atoms with Gasteiger partial charge in [-0.05, 0) is 17.9 Å². The molecule has 0 atom stereocenters. The first-order valence-electron chi connectivity index (χ1n) is 5.27. The topological polar surface area (TPSA) is 56.7 Å². The lowest BCUT2D eigenvalue weighted by molar-refractivity contribution is 0.362. The van der Waals surface area contributed by atoms with Crippen molar-refractivity contribution in [1.29, 1.82) is 0 Å². The quantitative estimate of drug-likeness (QED) is 0.775. The zero-order chi connectivity index (χ0) is 11.8. The van der Waals surface area contributed by atoms with E-state index in [9.17, 15) is 0 Å². The van der Waals surface area contributed by atoms with Gasteiger partial charge in [-0.2, -0.15) is 10.1 Å². The van der Waals surface area contributed by atoms with Gasteiger partial charge in [0.05, 0.1) is 6.20 Å². The molecule has 0 aliphatic carbocycles. The lowest BCUT2D eigenvalue weighted by Gasteiger charge is -2.14. The van der Waals surface area contributed by atoms with Gasteiger partial charge in [0.25, 0.3) is 0 Å². The fourth-order valence-electron chi connectivity index (χ4n) is 1.38. The Balaban J connectivity index is 2.14. The molecule has 0 bridgehead atoms.